The van der Waals surface area contributed by atoms with Crippen molar-refractivity contribution in [3.63, 3.8) is 0 Å². The molecule has 0 unspecified atom stereocenters. The molecule has 0 bridgehead atoms. The van der Waals surface area contributed by atoms with Crippen molar-refractivity contribution in [2.45, 2.75) is 6.54 Å². The second-order valence-corrected chi connectivity index (χ2v) is 6.89. The van der Waals surface area contributed by atoms with Crippen LogP contribution in [0.1, 0.15) is 15.4 Å². The van der Waals surface area contributed by atoms with Gasteiger partial charge in [0.2, 0.25) is 5.82 Å². The van der Waals surface area contributed by atoms with Gasteiger partial charge in [0.1, 0.15) is 11.5 Å². The summed E-state index contributed by atoms with van der Waals surface area (Å²) >= 11 is 1.45. The normalized spacial score (nSPS) is 10.9. The maximum Gasteiger partial charge on any atom is 0.269 e. The zero-order valence-electron chi connectivity index (χ0n) is 14.2. The molecule has 1 aromatic carbocycles. The summed E-state index contributed by atoms with van der Waals surface area (Å²) < 4.78 is 19.8. The highest BCUT2D eigenvalue weighted by Gasteiger charge is 2.14. The summed E-state index contributed by atoms with van der Waals surface area (Å²) in [6, 6.07) is 11.3. The maximum atomic E-state index is 13.0. The highest BCUT2D eigenvalue weighted by molar-refractivity contribution is 7.15. The summed E-state index contributed by atoms with van der Waals surface area (Å²) in [7, 11) is 1.71. The van der Waals surface area contributed by atoms with E-state index in [9.17, 15) is 9.18 Å². The number of halogens is 1. The van der Waals surface area contributed by atoms with Crippen molar-refractivity contribution in [2.24, 2.45) is 7.05 Å². The number of nitrogens with zero attached hydrogens (tertiary/aromatic N) is 4. The number of carbonyl (C=O) groups is 1. The summed E-state index contributed by atoms with van der Waals surface area (Å²) in [5.74, 6) is 0.257. The van der Waals surface area contributed by atoms with E-state index in [1.54, 1.807) is 31.4 Å². The molecular formula is C18H14FN5O2S. The van der Waals surface area contributed by atoms with Crippen LogP contribution in [0.2, 0.25) is 0 Å². The molecular weight excluding hydrogens is 369 g/mol. The quantitative estimate of drug-likeness (QED) is 0.572. The van der Waals surface area contributed by atoms with Crippen molar-refractivity contribution in [3.8, 4) is 22.2 Å². The second kappa shape index (κ2) is 7.12. The van der Waals surface area contributed by atoms with Crippen molar-refractivity contribution < 1.29 is 13.7 Å². The predicted octanol–water partition coefficient (Wildman–Crippen LogP) is 3.27. The molecule has 1 amide bonds. The third-order valence-corrected chi connectivity index (χ3v) is 4.95. The lowest BCUT2D eigenvalue weighted by Crippen LogP contribution is -2.24. The number of thiophene rings is 1. The Hall–Kier alpha value is -3.33. The van der Waals surface area contributed by atoms with Crippen LogP contribution in [0, 0.1) is 5.82 Å². The van der Waals surface area contributed by atoms with Gasteiger partial charge in [0.15, 0.2) is 0 Å². The van der Waals surface area contributed by atoms with Crippen molar-refractivity contribution in [2.75, 3.05) is 0 Å². The van der Waals surface area contributed by atoms with Gasteiger partial charge < -0.3 is 9.84 Å². The zero-order valence-corrected chi connectivity index (χ0v) is 15.0. The van der Waals surface area contributed by atoms with Crippen LogP contribution in [0.15, 0.2) is 53.2 Å². The summed E-state index contributed by atoms with van der Waals surface area (Å²) in [5.41, 5.74) is 1.17. The van der Waals surface area contributed by atoms with Crippen LogP contribution in [-0.2, 0) is 13.6 Å². The van der Waals surface area contributed by atoms with Crippen LogP contribution < -0.4 is 5.32 Å². The highest BCUT2D eigenvalue weighted by Crippen LogP contribution is 2.28. The third-order valence-electron chi connectivity index (χ3n) is 3.88. The number of aryl methyl sites for hydroxylation is 1. The topological polar surface area (TPSA) is 85.8 Å². The molecule has 4 aromatic rings. The van der Waals surface area contributed by atoms with Crippen molar-refractivity contribution in [1.82, 2.24) is 25.2 Å². The molecule has 3 heterocycles. The van der Waals surface area contributed by atoms with Gasteiger partial charge in [0.25, 0.3) is 11.8 Å². The molecule has 9 heteroatoms. The molecule has 0 aliphatic carbocycles. The molecule has 0 saturated heterocycles. The number of rotatable bonds is 5. The summed E-state index contributed by atoms with van der Waals surface area (Å²) in [6.45, 7) is 0.383. The first kappa shape index (κ1) is 17.1. The van der Waals surface area contributed by atoms with Crippen LogP contribution in [0.25, 0.3) is 22.2 Å². The first-order valence-corrected chi connectivity index (χ1v) is 8.87. The van der Waals surface area contributed by atoms with Gasteiger partial charge in [0, 0.05) is 23.7 Å². The smallest absolute Gasteiger partial charge is 0.269 e. The molecule has 0 atom stereocenters. The number of benzene rings is 1. The summed E-state index contributed by atoms with van der Waals surface area (Å²) in [6.07, 6.45) is 1.58. The molecule has 7 nitrogen and oxygen atoms in total. The number of carbonyl (C=O) groups excluding carboxylic acids is 1. The lowest BCUT2D eigenvalue weighted by atomic mass is 10.2. The van der Waals surface area contributed by atoms with Crippen LogP contribution in [0.5, 0.6) is 0 Å². The molecule has 0 spiro atoms. The number of nitrogens with one attached hydrogen (secondary N) is 1. The summed E-state index contributed by atoms with van der Waals surface area (Å²) in [5, 5.41) is 10.8. The third kappa shape index (κ3) is 3.63. The Morgan fingerprint density at radius 1 is 1.22 bits per heavy atom. The Balaban J connectivity index is 1.44. The van der Waals surface area contributed by atoms with Gasteiger partial charge >= 0.3 is 0 Å². The Morgan fingerprint density at radius 3 is 2.78 bits per heavy atom. The van der Waals surface area contributed by atoms with Crippen molar-refractivity contribution >= 4 is 17.2 Å². The molecule has 136 valence electrons. The van der Waals surface area contributed by atoms with Gasteiger partial charge in [-0.2, -0.15) is 10.1 Å². The Bertz CT molecular complexity index is 1080. The molecule has 0 aliphatic heterocycles. The Morgan fingerprint density at radius 2 is 2.04 bits per heavy atom. The minimum atomic E-state index is -0.321. The zero-order chi connectivity index (χ0) is 18.8. The second-order valence-electron chi connectivity index (χ2n) is 5.72. The van der Waals surface area contributed by atoms with E-state index in [-0.39, 0.29) is 11.7 Å². The van der Waals surface area contributed by atoms with E-state index in [1.807, 2.05) is 12.1 Å². The molecule has 0 radical (unpaired) electrons. The van der Waals surface area contributed by atoms with Crippen molar-refractivity contribution in [3.05, 3.63) is 65.0 Å². The van der Waals surface area contributed by atoms with Crippen LogP contribution in [0.3, 0.4) is 0 Å². The molecule has 0 saturated carbocycles. The first-order chi connectivity index (χ1) is 13.1. The molecule has 27 heavy (non-hydrogen) atoms. The predicted molar refractivity (Wildman–Crippen MR) is 97.4 cm³/mol. The van der Waals surface area contributed by atoms with E-state index in [0.29, 0.717) is 29.5 Å². The SMILES string of the molecule is Cn1nccc1C(=O)NCc1ccc(-c2nc(-c3ccc(F)cc3)no2)s1. The summed E-state index contributed by atoms with van der Waals surface area (Å²) in [4.78, 5) is 18.2. The average Bonchev–Trinajstić information content (AvgIpc) is 3.40. The Kier molecular flexibility index (Phi) is 4.51. The van der Waals surface area contributed by atoms with E-state index in [4.69, 9.17) is 4.52 Å². The average molecular weight is 383 g/mol. The lowest BCUT2D eigenvalue weighted by molar-refractivity contribution is 0.0942. The monoisotopic (exact) mass is 383 g/mol. The fourth-order valence-corrected chi connectivity index (χ4v) is 3.35. The van der Waals surface area contributed by atoms with Crippen LogP contribution in [0.4, 0.5) is 4.39 Å². The molecule has 1 N–H and O–H groups in total. The molecule has 0 fully saturated rings. The van der Waals surface area contributed by atoms with Gasteiger partial charge in [0.05, 0.1) is 11.4 Å². The number of aromatic nitrogens is 4. The molecule has 4 rings (SSSR count). The van der Waals surface area contributed by atoms with E-state index in [0.717, 1.165) is 9.75 Å². The fourth-order valence-electron chi connectivity index (χ4n) is 2.48. The lowest BCUT2D eigenvalue weighted by Gasteiger charge is -2.03. The van der Waals surface area contributed by atoms with E-state index in [2.05, 4.69) is 20.6 Å². The largest absolute Gasteiger partial charge is 0.346 e. The highest BCUT2D eigenvalue weighted by atomic mass is 32.1. The Labute approximate surface area is 157 Å². The van der Waals surface area contributed by atoms with Crippen molar-refractivity contribution in [1.29, 1.82) is 0 Å². The van der Waals surface area contributed by atoms with Gasteiger partial charge in [-0.1, -0.05) is 5.16 Å². The van der Waals surface area contributed by atoms with E-state index in [1.165, 1.54) is 28.2 Å². The fraction of sp³-hybridized carbons (Fsp3) is 0.111. The minimum absolute atomic E-state index is 0.193. The van der Waals surface area contributed by atoms with Gasteiger partial charge in [-0.15, -0.1) is 11.3 Å². The first-order valence-electron chi connectivity index (χ1n) is 8.05. The van der Waals surface area contributed by atoms with E-state index >= 15 is 0 Å². The van der Waals surface area contributed by atoms with Crippen LogP contribution in [-0.4, -0.2) is 25.8 Å². The molecule has 3 aromatic heterocycles. The maximum absolute atomic E-state index is 13.0. The van der Waals surface area contributed by atoms with Gasteiger partial charge in [-0.3, -0.25) is 9.48 Å². The molecule has 0 aliphatic rings. The van der Waals surface area contributed by atoms with Gasteiger partial charge in [-0.25, -0.2) is 4.39 Å². The number of hydrogen-bond donors (Lipinski definition) is 1. The van der Waals surface area contributed by atoms with Crippen LogP contribution >= 0.6 is 11.3 Å². The van der Waals surface area contributed by atoms with Gasteiger partial charge in [-0.05, 0) is 42.5 Å². The van der Waals surface area contributed by atoms with E-state index < -0.39 is 0 Å². The number of amides is 1. The minimum Gasteiger partial charge on any atom is -0.346 e. The number of hydrogen-bond acceptors (Lipinski definition) is 6. The standard InChI is InChI=1S/C18H14FN5O2S/c1-24-14(8-9-21-24)17(25)20-10-13-6-7-15(27-13)18-22-16(23-26-18)11-2-4-12(19)5-3-11/h2-9H,10H2,1H3,(H,20,25).